The quantitative estimate of drug-likeness (QED) is 0.417. The molecule has 3 rings (SSSR count). The van der Waals surface area contributed by atoms with Crippen molar-refractivity contribution in [2.24, 2.45) is 0 Å². The van der Waals surface area contributed by atoms with Crippen LogP contribution >= 0.6 is 11.6 Å². The minimum atomic E-state index is -0.580. The standard InChI is InChI=1S/C14H7ClN2O4/c15-13(18)8-2-1-3-9(6-8)14-16-11-5-4-10(17(19)20)7-12(11)21-14/h1-7H. The number of halogens is 1. The monoisotopic (exact) mass is 302 g/mol. The second-order valence-corrected chi connectivity index (χ2v) is 4.63. The van der Waals surface area contributed by atoms with Crippen molar-refractivity contribution in [2.45, 2.75) is 0 Å². The molecule has 0 unspecified atom stereocenters. The first-order valence-corrected chi connectivity index (χ1v) is 6.27. The number of hydrogen-bond acceptors (Lipinski definition) is 5. The fourth-order valence-corrected chi connectivity index (χ4v) is 2.04. The van der Waals surface area contributed by atoms with Crippen LogP contribution in [0.25, 0.3) is 22.6 Å². The zero-order valence-electron chi connectivity index (χ0n) is 10.4. The lowest BCUT2D eigenvalue weighted by Gasteiger charge is -1.97. The predicted octanol–water partition coefficient (Wildman–Crippen LogP) is 3.78. The highest BCUT2D eigenvalue weighted by atomic mass is 35.5. The van der Waals surface area contributed by atoms with Gasteiger partial charge in [-0.1, -0.05) is 12.1 Å². The zero-order valence-corrected chi connectivity index (χ0v) is 11.2. The molecule has 0 atom stereocenters. The van der Waals surface area contributed by atoms with E-state index in [1.807, 2.05) is 0 Å². The summed E-state index contributed by atoms with van der Waals surface area (Å²) < 4.78 is 5.51. The third kappa shape index (κ3) is 2.48. The summed E-state index contributed by atoms with van der Waals surface area (Å²) >= 11 is 5.43. The number of aromatic nitrogens is 1. The topological polar surface area (TPSA) is 86.2 Å². The molecule has 0 bridgehead atoms. The van der Waals surface area contributed by atoms with E-state index in [0.717, 1.165) is 0 Å². The van der Waals surface area contributed by atoms with E-state index in [4.69, 9.17) is 16.0 Å². The van der Waals surface area contributed by atoms with Gasteiger partial charge in [0.25, 0.3) is 10.9 Å². The van der Waals surface area contributed by atoms with Crippen molar-refractivity contribution in [3.8, 4) is 11.5 Å². The maximum Gasteiger partial charge on any atom is 0.273 e. The predicted molar refractivity (Wildman–Crippen MR) is 76.3 cm³/mol. The number of hydrogen-bond donors (Lipinski definition) is 0. The summed E-state index contributed by atoms with van der Waals surface area (Å²) in [6, 6.07) is 10.7. The number of carbonyl (C=O) groups excluding carboxylic acids is 1. The fraction of sp³-hybridized carbons (Fsp3) is 0. The average molecular weight is 303 g/mol. The van der Waals surface area contributed by atoms with Crippen molar-refractivity contribution in [3.63, 3.8) is 0 Å². The highest BCUT2D eigenvalue weighted by Gasteiger charge is 2.13. The largest absolute Gasteiger partial charge is 0.436 e. The first-order chi connectivity index (χ1) is 10.0. The molecule has 0 amide bonds. The molecule has 7 heteroatoms. The normalized spacial score (nSPS) is 10.7. The van der Waals surface area contributed by atoms with Gasteiger partial charge in [0.1, 0.15) is 5.52 Å². The number of non-ortho nitro benzene ring substituents is 1. The second kappa shape index (κ2) is 4.99. The fourth-order valence-electron chi connectivity index (χ4n) is 1.92. The van der Waals surface area contributed by atoms with Crippen molar-refractivity contribution in [2.75, 3.05) is 0 Å². The molecule has 6 nitrogen and oxygen atoms in total. The van der Waals surface area contributed by atoms with Crippen LogP contribution in [-0.4, -0.2) is 15.1 Å². The Labute approximate surface area is 123 Å². The van der Waals surface area contributed by atoms with E-state index in [1.165, 1.54) is 18.2 Å². The van der Waals surface area contributed by atoms with Crippen LogP contribution in [0.3, 0.4) is 0 Å². The molecule has 21 heavy (non-hydrogen) atoms. The van der Waals surface area contributed by atoms with Gasteiger partial charge in [-0.3, -0.25) is 14.9 Å². The molecule has 104 valence electrons. The molecule has 2 aromatic carbocycles. The molecule has 0 radical (unpaired) electrons. The number of carbonyl (C=O) groups is 1. The van der Waals surface area contributed by atoms with Crippen LogP contribution in [0.15, 0.2) is 46.9 Å². The van der Waals surface area contributed by atoms with Crippen LogP contribution in [0.1, 0.15) is 10.4 Å². The summed E-state index contributed by atoms with van der Waals surface area (Å²) in [5.41, 5.74) is 1.62. The minimum absolute atomic E-state index is 0.0742. The van der Waals surface area contributed by atoms with Gasteiger partial charge in [-0.2, -0.15) is 0 Å². The Bertz CT molecular complexity index is 872. The number of oxazole rings is 1. The summed E-state index contributed by atoms with van der Waals surface area (Å²) in [4.78, 5) is 25.6. The summed E-state index contributed by atoms with van der Waals surface area (Å²) in [6.45, 7) is 0. The molecule has 0 saturated heterocycles. The van der Waals surface area contributed by atoms with Crippen molar-refractivity contribution < 1.29 is 14.1 Å². The van der Waals surface area contributed by atoms with Gasteiger partial charge in [0, 0.05) is 17.2 Å². The van der Waals surface area contributed by atoms with E-state index in [2.05, 4.69) is 4.98 Å². The van der Waals surface area contributed by atoms with Crippen LogP contribution in [-0.2, 0) is 0 Å². The first-order valence-electron chi connectivity index (χ1n) is 5.90. The third-order valence-electron chi connectivity index (χ3n) is 2.92. The summed E-state index contributed by atoms with van der Waals surface area (Å²) in [6.07, 6.45) is 0. The number of benzene rings is 2. The lowest BCUT2D eigenvalue weighted by atomic mass is 10.1. The van der Waals surface area contributed by atoms with E-state index in [-0.39, 0.29) is 11.6 Å². The minimum Gasteiger partial charge on any atom is -0.436 e. The zero-order chi connectivity index (χ0) is 15.0. The highest BCUT2D eigenvalue weighted by molar-refractivity contribution is 6.67. The number of nitro groups is 1. The van der Waals surface area contributed by atoms with E-state index in [1.54, 1.807) is 24.3 Å². The van der Waals surface area contributed by atoms with Gasteiger partial charge in [-0.15, -0.1) is 0 Å². The van der Waals surface area contributed by atoms with Gasteiger partial charge >= 0.3 is 0 Å². The Morgan fingerprint density at radius 3 is 2.76 bits per heavy atom. The Hall–Kier alpha value is -2.73. The Morgan fingerprint density at radius 1 is 1.24 bits per heavy atom. The third-order valence-corrected chi connectivity index (χ3v) is 3.14. The molecule has 0 aliphatic carbocycles. The van der Waals surface area contributed by atoms with Crippen LogP contribution in [0.2, 0.25) is 0 Å². The molecule has 0 saturated carbocycles. The molecule has 3 aromatic rings. The maximum atomic E-state index is 11.2. The van der Waals surface area contributed by atoms with Gasteiger partial charge < -0.3 is 4.42 Å². The highest BCUT2D eigenvalue weighted by Crippen LogP contribution is 2.27. The van der Waals surface area contributed by atoms with E-state index >= 15 is 0 Å². The number of rotatable bonds is 3. The number of nitro benzene ring substituents is 1. The van der Waals surface area contributed by atoms with Crippen LogP contribution in [0.4, 0.5) is 5.69 Å². The van der Waals surface area contributed by atoms with E-state index < -0.39 is 10.2 Å². The molecular weight excluding hydrogens is 296 g/mol. The molecule has 0 N–H and O–H groups in total. The van der Waals surface area contributed by atoms with Gasteiger partial charge in [0.2, 0.25) is 5.89 Å². The van der Waals surface area contributed by atoms with Crippen LogP contribution in [0, 0.1) is 10.1 Å². The van der Waals surface area contributed by atoms with E-state index in [0.29, 0.717) is 22.2 Å². The SMILES string of the molecule is O=C(Cl)c1cccc(-c2nc3ccc([N+](=O)[O-])cc3o2)c1. The molecule has 0 aliphatic heterocycles. The van der Waals surface area contributed by atoms with Crippen molar-refractivity contribution in [1.29, 1.82) is 0 Å². The first kappa shape index (κ1) is 13.3. The van der Waals surface area contributed by atoms with E-state index in [9.17, 15) is 14.9 Å². The average Bonchev–Trinajstić information content (AvgIpc) is 2.90. The van der Waals surface area contributed by atoms with Crippen molar-refractivity contribution in [3.05, 3.63) is 58.1 Å². The Balaban J connectivity index is 2.10. The van der Waals surface area contributed by atoms with Gasteiger partial charge in [0.15, 0.2) is 5.58 Å². The lowest BCUT2D eigenvalue weighted by molar-refractivity contribution is -0.384. The van der Waals surface area contributed by atoms with Gasteiger partial charge in [0.05, 0.1) is 11.0 Å². The van der Waals surface area contributed by atoms with Crippen LogP contribution < -0.4 is 0 Å². The van der Waals surface area contributed by atoms with Crippen molar-refractivity contribution in [1.82, 2.24) is 4.98 Å². The molecule has 0 spiro atoms. The lowest BCUT2D eigenvalue weighted by Crippen LogP contribution is -1.88. The van der Waals surface area contributed by atoms with Crippen molar-refractivity contribution >= 4 is 33.6 Å². The number of nitrogens with zero attached hydrogens (tertiary/aromatic N) is 2. The molecule has 1 aromatic heterocycles. The molecular formula is C14H7ClN2O4. The van der Waals surface area contributed by atoms with Gasteiger partial charge in [-0.05, 0) is 29.8 Å². The molecule has 1 heterocycles. The second-order valence-electron chi connectivity index (χ2n) is 4.28. The van der Waals surface area contributed by atoms with Gasteiger partial charge in [-0.25, -0.2) is 4.98 Å². The molecule has 0 fully saturated rings. The Kier molecular flexibility index (Phi) is 3.15. The van der Waals surface area contributed by atoms with Crippen LogP contribution in [0.5, 0.6) is 0 Å². The summed E-state index contributed by atoms with van der Waals surface area (Å²) in [7, 11) is 0. The number of fused-ring (bicyclic) bond motifs is 1. The Morgan fingerprint density at radius 2 is 2.05 bits per heavy atom. The molecule has 0 aliphatic rings. The maximum absolute atomic E-state index is 11.2. The smallest absolute Gasteiger partial charge is 0.273 e. The summed E-state index contributed by atoms with van der Waals surface area (Å²) in [5, 5.41) is 10.2. The summed E-state index contributed by atoms with van der Waals surface area (Å²) in [5.74, 6) is 0.269.